The summed E-state index contributed by atoms with van der Waals surface area (Å²) in [5.74, 6) is 2.36. The Hall–Kier alpha value is -2.90. The summed E-state index contributed by atoms with van der Waals surface area (Å²) in [4.78, 5) is 24.0. The predicted octanol–water partition coefficient (Wildman–Crippen LogP) is 3.28. The van der Waals surface area contributed by atoms with Crippen LogP contribution < -0.4 is 4.90 Å². The van der Waals surface area contributed by atoms with Crippen molar-refractivity contribution in [3.63, 3.8) is 0 Å². The number of anilines is 1. The van der Waals surface area contributed by atoms with Crippen LogP contribution in [-0.4, -0.2) is 96.3 Å². The van der Waals surface area contributed by atoms with E-state index in [0.717, 1.165) is 58.3 Å². The van der Waals surface area contributed by atoms with Crippen molar-refractivity contribution in [1.29, 1.82) is 0 Å². The molecule has 12 heteroatoms. The molecular weight excluding hydrogens is 534 g/mol. The number of hydrogen-bond donors (Lipinski definition) is 1. The third-order valence-electron chi connectivity index (χ3n) is 7.43. The molecule has 0 unspecified atom stereocenters. The van der Waals surface area contributed by atoms with E-state index >= 15 is 0 Å². The maximum Gasteiger partial charge on any atom is 0.211 e. The fourth-order valence-corrected chi connectivity index (χ4v) is 7.31. The Morgan fingerprint density at radius 2 is 1.82 bits per heavy atom. The number of imidazole rings is 1. The molecule has 39 heavy (non-hydrogen) atoms. The Morgan fingerprint density at radius 1 is 1.05 bits per heavy atom. The predicted molar refractivity (Wildman–Crippen MR) is 155 cm³/mol. The number of benzene rings is 1. The molecule has 2 fully saturated rings. The van der Waals surface area contributed by atoms with E-state index in [9.17, 15) is 8.42 Å². The number of rotatable bonds is 6. The van der Waals surface area contributed by atoms with Crippen LogP contribution in [0.1, 0.15) is 16.0 Å². The molecule has 6 rings (SSSR count). The third-order valence-corrected chi connectivity index (χ3v) is 10.00. The minimum absolute atomic E-state index is 0.523. The summed E-state index contributed by atoms with van der Waals surface area (Å²) in [6.07, 6.45) is 3.09. The van der Waals surface area contributed by atoms with Gasteiger partial charge in [-0.3, -0.25) is 4.90 Å². The van der Waals surface area contributed by atoms with Gasteiger partial charge in [0.05, 0.1) is 35.9 Å². The van der Waals surface area contributed by atoms with Crippen LogP contribution in [0, 0.1) is 13.8 Å². The monoisotopic (exact) mass is 567 g/mol. The SMILES string of the molecule is Cc1cccc(-c2ncc(-c3nc(N4CCOCC4)c4sc(CN5CCN(S(C)(=O)=O)CC5)c(C)c4n3)[nH]2)c1. The summed E-state index contributed by atoms with van der Waals surface area (Å²) in [5, 5.41) is 0. The van der Waals surface area contributed by atoms with E-state index in [1.54, 1.807) is 15.6 Å². The van der Waals surface area contributed by atoms with Crippen LogP contribution in [-0.2, 0) is 21.3 Å². The first-order chi connectivity index (χ1) is 18.8. The van der Waals surface area contributed by atoms with Gasteiger partial charge in [-0.15, -0.1) is 11.3 Å². The number of aromatic amines is 1. The summed E-state index contributed by atoms with van der Waals surface area (Å²) >= 11 is 1.74. The van der Waals surface area contributed by atoms with E-state index < -0.39 is 10.0 Å². The number of piperazine rings is 1. The van der Waals surface area contributed by atoms with Crippen LogP contribution in [0.3, 0.4) is 0 Å². The number of aryl methyl sites for hydroxylation is 2. The second-order valence-electron chi connectivity index (χ2n) is 10.3. The zero-order chi connectivity index (χ0) is 27.1. The van der Waals surface area contributed by atoms with Crippen LogP contribution in [0.2, 0.25) is 0 Å². The van der Waals surface area contributed by atoms with Gasteiger partial charge in [-0.05, 0) is 25.5 Å². The molecule has 2 aliphatic rings. The van der Waals surface area contributed by atoms with E-state index in [1.807, 2.05) is 18.3 Å². The average Bonchev–Trinajstić information content (AvgIpc) is 3.54. The fourth-order valence-electron chi connectivity index (χ4n) is 5.18. The molecule has 0 aliphatic carbocycles. The zero-order valence-electron chi connectivity index (χ0n) is 22.5. The van der Waals surface area contributed by atoms with Crippen molar-refractivity contribution in [2.45, 2.75) is 20.4 Å². The van der Waals surface area contributed by atoms with Crippen LogP contribution in [0.4, 0.5) is 5.82 Å². The van der Waals surface area contributed by atoms with Crippen molar-refractivity contribution in [1.82, 2.24) is 29.1 Å². The minimum Gasteiger partial charge on any atom is -0.378 e. The van der Waals surface area contributed by atoms with Gasteiger partial charge in [-0.25, -0.2) is 23.4 Å². The van der Waals surface area contributed by atoms with Crippen molar-refractivity contribution < 1.29 is 13.2 Å². The molecule has 0 radical (unpaired) electrons. The quantitative estimate of drug-likeness (QED) is 0.378. The number of hydrogen-bond acceptors (Lipinski definition) is 9. The standard InChI is InChI=1S/C27H33N7O3S2/c1-18-5-4-6-20(15-18)25-28-16-21(29-25)26-30-23-19(2)22(17-32-7-9-34(10-8-32)39(3,35)36)38-24(23)27(31-26)33-11-13-37-14-12-33/h4-6,15-16H,7-14,17H2,1-3H3,(H,28,29). The number of aromatic nitrogens is 4. The molecule has 2 saturated heterocycles. The highest BCUT2D eigenvalue weighted by atomic mass is 32.2. The van der Waals surface area contributed by atoms with Crippen LogP contribution >= 0.6 is 11.3 Å². The second kappa shape index (κ2) is 10.6. The van der Waals surface area contributed by atoms with Crippen LogP contribution in [0.15, 0.2) is 30.5 Å². The Labute approximate surface area is 232 Å². The smallest absolute Gasteiger partial charge is 0.211 e. The van der Waals surface area contributed by atoms with E-state index in [0.29, 0.717) is 45.2 Å². The highest BCUT2D eigenvalue weighted by molar-refractivity contribution is 7.88. The van der Waals surface area contributed by atoms with Crippen molar-refractivity contribution in [2.75, 3.05) is 63.6 Å². The lowest BCUT2D eigenvalue weighted by atomic mass is 10.1. The molecule has 2 aliphatic heterocycles. The minimum atomic E-state index is -3.15. The topological polar surface area (TPSA) is 108 Å². The van der Waals surface area contributed by atoms with Gasteiger partial charge in [0.1, 0.15) is 11.5 Å². The lowest BCUT2D eigenvalue weighted by Crippen LogP contribution is -2.47. The Balaban J connectivity index is 1.35. The van der Waals surface area contributed by atoms with Crippen molar-refractivity contribution in [2.24, 2.45) is 0 Å². The summed E-state index contributed by atoms with van der Waals surface area (Å²) in [7, 11) is -3.15. The summed E-state index contributed by atoms with van der Waals surface area (Å²) in [5.41, 5.74) is 5.10. The van der Waals surface area contributed by atoms with Crippen molar-refractivity contribution >= 4 is 37.4 Å². The molecule has 10 nitrogen and oxygen atoms in total. The van der Waals surface area contributed by atoms with E-state index in [4.69, 9.17) is 14.7 Å². The highest BCUT2D eigenvalue weighted by Crippen LogP contribution is 2.38. The molecule has 4 aromatic rings. The number of nitrogens with zero attached hydrogens (tertiary/aromatic N) is 6. The van der Waals surface area contributed by atoms with Gasteiger partial charge < -0.3 is 14.6 Å². The molecule has 206 valence electrons. The van der Waals surface area contributed by atoms with E-state index in [-0.39, 0.29) is 0 Å². The molecule has 5 heterocycles. The molecule has 1 N–H and O–H groups in total. The Morgan fingerprint density at radius 3 is 2.54 bits per heavy atom. The molecular formula is C27H33N7O3S2. The summed E-state index contributed by atoms with van der Waals surface area (Å²) < 4.78 is 32.1. The largest absolute Gasteiger partial charge is 0.378 e. The molecule has 1 aromatic carbocycles. The van der Waals surface area contributed by atoms with Gasteiger partial charge >= 0.3 is 0 Å². The van der Waals surface area contributed by atoms with Gasteiger partial charge in [0, 0.05) is 56.3 Å². The number of nitrogens with one attached hydrogen (secondary N) is 1. The van der Waals surface area contributed by atoms with Gasteiger partial charge in [-0.1, -0.05) is 23.8 Å². The van der Waals surface area contributed by atoms with Crippen LogP contribution in [0.5, 0.6) is 0 Å². The fraction of sp³-hybridized carbons (Fsp3) is 0.444. The first-order valence-corrected chi connectivity index (χ1v) is 15.9. The molecule has 0 spiro atoms. The Bertz CT molecular complexity index is 1600. The number of thiophene rings is 1. The maximum absolute atomic E-state index is 11.9. The van der Waals surface area contributed by atoms with Crippen LogP contribution in [0.25, 0.3) is 33.1 Å². The number of ether oxygens (including phenoxy) is 1. The Kier molecular flexibility index (Phi) is 7.15. The lowest BCUT2D eigenvalue weighted by Gasteiger charge is -2.33. The number of morpholine rings is 1. The summed E-state index contributed by atoms with van der Waals surface area (Å²) in [6, 6.07) is 8.26. The van der Waals surface area contributed by atoms with E-state index in [2.05, 4.69) is 45.7 Å². The highest BCUT2D eigenvalue weighted by Gasteiger charge is 2.26. The first kappa shape index (κ1) is 26.3. The molecule has 0 saturated carbocycles. The molecule has 0 atom stereocenters. The normalized spacial score (nSPS) is 17.8. The van der Waals surface area contributed by atoms with Gasteiger partial charge in [-0.2, -0.15) is 4.31 Å². The number of H-pyrrole nitrogens is 1. The van der Waals surface area contributed by atoms with Gasteiger partial charge in [0.25, 0.3) is 0 Å². The van der Waals surface area contributed by atoms with Gasteiger partial charge in [0.15, 0.2) is 11.6 Å². The maximum atomic E-state index is 11.9. The lowest BCUT2D eigenvalue weighted by molar-refractivity contribution is 0.122. The number of fused-ring (bicyclic) bond motifs is 1. The third kappa shape index (κ3) is 5.44. The number of sulfonamides is 1. The molecule has 0 bridgehead atoms. The molecule has 0 amide bonds. The zero-order valence-corrected chi connectivity index (χ0v) is 24.1. The van der Waals surface area contributed by atoms with Crippen molar-refractivity contribution in [3.8, 4) is 22.9 Å². The average molecular weight is 568 g/mol. The first-order valence-electron chi connectivity index (χ1n) is 13.2. The second-order valence-corrected chi connectivity index (χ2v) is 13.3. The van der Waals surface area contributed by atoms with Crippen molar-refractivity contribution in [3.05, 3.63) is 46.5 Å². The summed E-state index contributed by atoms with van der Waals surface area (Å²) in [6.45, 7) is 10.3. The van der Waals surface area contributed by atoms with E-state index in [1.165, 1.54) is 16.7 Å². The van der Waals surface area contributed by atoms with Gasteiger partial charge in [0.2, 0.25) is 10.0 Å². The molecule has 3 aromatic heterocycles.